The monoisotopic (exact) mass is 269 g/mol. The number of aliphatic hydroxyl groups is 1. The Morgan fingerprint density at radius 2 is 2.00 bits per heavy atom. The van der Waals surface area contributed by atoms with E-state index in [0.717, 1.165) is 31.2 Å². The molecule has 0 radical (unpaired) electrons. The fourth-order valence-corrected chi connectivity index (χ4v) is 3.62. The van der Waals surface area contributed by atoms with Crippen molar-refractivity contribution >= 4 is 0 Å². The van der Waals surface area contributed by atoms with Gasteiger partial charge in [0.15, 0.2) is 0 Å². The number of nitrogens with one attached hydrogen (secondary N) is 1. The summed E-state index contributed by atoms with van der Waals surface area (Å²) in [5.41, 5.74) is -0.525. The molecule has 112 valence electrons. The van der Waals surface area contributed by atoms with E-state index < -0.39 is 5.60 Å². The predicted octanol–water partition coefficient (Wildman–Crippen LogP) is 2.72. The molecular weight excluding hydrogens is 238 g/mol. The zero-order valence-electron chi connectivity index (χ0n) is 12.7. The summed E-state index contributed by atoms with van der Waals surface area (Å²) in [5, 5.41) is 14.1. The second kappa shape index (κ2) is 7.05. The van der Waals surface area contributed by atoms with Gasteiger partial charge in [0.1, 0.15) is 0 Å². The van der Waals surface area contributed by atoms with Crippen LogP contribution in [0.1, 0.15) is 58.8 Å². The van der Waals surface area contributed by atoms with Gasteiger partial charge in [0.05, 0.1) is 5.60 Å². The summed E-state index contributed by atoms with van der Waals surface area (Å²) in [6, 6.07) is 0.615. The van der Waals surface area contributed by atoms with Gasteiger partial charge >= 0.3 is 0 Å². The summed E-state index contributed by atoms with van der Waals surface area (Å²) in [6.07, 6.45) is 8.23. The van der Waals surface area contributed by atoms with Gasteiger partial charge in [-0.15, -0.1) is 0 Å². The molecule has 0 amide bonds. The van der Waals surface area contributed by atoms with Crippen molar-refractivity contribution in [2.24, 2.45) is 11.8 Å². The second-order valence-corrected chi connectivity index (χ2v) is 7.08. The highest BCUT2D eigenvalue weighted by atomic mass is 16.5. The fourth-order valence-electron chi connectivity index (χ4n) is 3.62. The smallest absolute Gasteiger partial charge is 0.0815 e. The molecule has 0 aromatic carbocycles. The first-order valence-corrected chi connectivity index (χ1v) is 8.11. The Morgan fingerprint density at radius 3 is 2.68 bits per heavy atom. The van der Waals surface area contributed by atoms with Crippen LogP contribution >= 0.6 is 0 Å². The largest absolute Gasteiger partial charge is 0.388 e. The molecule has 2 N–H and O–H groups in total. The van der Waals surface area contributed by atoms with Gasteiger partial charge in [-0.25, -0.2) is 0 Å². The van der Waals surface area contributed by atoms with E-state index in [9.17, 15) is 5.11 Å². The van der Waals surface area contributed by atoms with E-state index in [-0.39, 0.29) is 0 Å². The first kappa shape index (κ1) is 15.3. The lowest BCUT2D eigenvalue weighted by atomic mass is 9.81. The van der Waals surface area contributed by atoms with Crippen molar-refractivity contribution in [1.29, 1.82) is 0 Å². The van der Waals surface area contributed by atoms with E-state index in [1.54, 1.807) is 0 Å². The van der Waals surface area contributed by atoms with Crippen LogP contribution in [0.3, 0.4) is 0 Å². The number of hydrogen-bond donors (Lipinski definition) is 2. The van der Waals surface area contributed by atoms with Crippen LogP contribution in [0.25, 0.3) is 0 Å². The Labute approximate surface area is 118 Å². The van der Waals surface area contributed by atoms with Gasteiger partial charge < -0.3 is 15.2 Å². The molecule has 1 aliphatic heterocycles. The average Bonchev–Trinajstić information content (AvgIpc) is 2.37. The highest BCUT2D eigenvalue weighted by Crippen LogP contribution is 2.30. The van der Waals surface area contributed by atoms with Crippen LogP contribution in [0.2, 0.25) is 0 Å². The fraction of sp³-hybridized carbons (Fsp3) is 1.00. The Balaban J connectivity index is 1.72. The Hall–Kier alpha value is -0.120. The van der Waals surface area contributed by atoms with Gasteiger partial charge in [0.2, 0.25) is 0 Å². The van der Waals surface area contributed by atoms with Crippen LogP contribution in [-0.2, 0) is 4.74 Å². The number of rotatable bonds is 5. The topological polar surface area (TPSA) is 41.5 Å². The lowest BCUT2D eigenvalue weighted by molar-refractivity contribution is -0.0635. The van der Waals surface area contributed by atoms with Crippen molar-refractivity contribution in [3.8, 4) is 0 Å². The zero-order valence-corrected chi connectivity index (χ0v) is 12.7. The van der Waals surface area contributed by atoms with Crippen LogP contribution in [0.4, 0.5) is 0 Å². The van der Waals surface area contributed by atoms with Crippen LogP contribution in [0, 0.1) is 11.8 Å². The van der Waals surface area contributed by atoms with Gasteiger partial charge in [-0.05, 0) is 31.1 Å². The molecule has 1 aliphatic carbocycles. The molecule has 19 heavy (non-hydrogen) atoms. The lowest BCUT2D eigenvalue weighted by Crippen LogP contribution is -2.48. The molecular formula is C16H31NO2. The van der Waals surface area contributed by atoms with Gasteiger partial charge in [-0.3, -0.25) is 0 Å². The third kappa shape index (κ3) is 5.05. The minimum atomic E-state index is -0.525. The van der Waals surface area contributed by atoms with E-state index in [2.05, 4.69) is 19.2 Å². The molecule has 0 aromatic heterocycles. The van der Waals surface area contributed by atoms with E-state index in [1.807, 2.05) is 0 Å². The summed E-state index contributed by atoms with van der Waals surface area (Å²) in [5.74, 6) is 1.69. The molecule has 2 unspecified atom stereocenters. The second-order valence-electron chi connectivity index (χ2n) is 7.08. The summed E-state index contributed by atoms with van der Waals surface area (Å²) >= 11 is 0. The average molecular weight is 269 g/mol. The Kier molecular flexibility index (Phi) is 5.67. The summed E-state index contributed by atoms with van der Waals surface area (Å²) in [6.45, 7) is 6.80. The maximum Gasteiger partial charge on any atom is 0.0815 e. The summed E-state index contributed by atoms with van der Waals surface area (Å²) in [4.78, 5) is 0. The summed E-state index contributed by atoms with van der Waals surface area (Å²) in [7, 11) is 0. The normalized spacial score (nSPS) is 31.6. The van der Waals surface area contributed by atoms with E-state index in [0.29, 0.717) is 19.3 Å². The molecule has 0 spiro atoms. The molecule has 1 heterocycles. The Morgan fingerprint density at radius 1 is 1.26 bits per heavy atom. The quantitative estimate of drug-likeness (QED) is 0.806. The zero-order chi connectivity index (χ0) is 13.7. The van der Waals surface area contributed by atoms with Crippen LogP contribution in [0.15, 0.2) is 0 Å². The predicted molar refractivity (Wildman–Crippen MR) is 78.2 cm³/mol. The standard InChI is InChI=1S/C16H31NO2/c1-13(2)10-14-4-3-5-15(11-14)17-12-16(18)6-8-19-9-7-16/h13-15,17-18H,3-12H2,1-2H3. The van der Waals surface area contributed by atoms with E-state index in [1.165, 1.54) is 32.1 Å². The first-order chi connectivity index (χ1) is 9.07. The molecule has 3 heteroatoms. The van der Waals surface area contributed by atoms with Crippen molar-refractivity contribution < 1.29 is 9.84 Å². The van der Waals surface area contributed by atoms with Gasteiger partial charge in [-0.2, -0.15) is 0 Å². The SMILES string of the molecule is CC(C)CC1CCCC(NCC2(O)CCOCC2)C1. The van der Waals surface area contributed by atoms with Gasteiger partial charge in [0, 0.05) is 38.6 Å². The van der Waals surface area contributed by atoms with Crippen molar-refractivity contribution in [3.63, 3.8) is 0 Å². The van der Waals surface area contributed by atoms with Crippen molar-refractivity contribution in [1.82, 2.24) is 5.32 Å². The van der Waals surface area contributed by atoms with Crippen molar-refractivity contribution in [2.45, 2.75) is 70.4 Å². The van der Waals surface area contributed by atoms with Crippen LogP contribution in [0.5, 0.6) is 0 Å². The maximum absolute atomic E-state index is 10.5. The molecule has 0 aromatic rings. The van der Waals surface area contributed by atoms with Crippen LogP contribution < -0.4 is 5.32 Å². The van der Waals surface area contributed by atoms with Crippen LogP contribution in [-0.4, -0.2) is 36.5 Å². The molecule has 3 nitrogen and oxygen atoms in total. The molecule has 2 atom stereocenters. The third-order valence-electron chi connectivity index (χ3n) is 4.73. The van der Waals surface area contributed by atoms with Crippen molar-refractivity contribution in [3.05, 3.63) is 0 Å². The molecule has 0 bridgehead atoms. The Bertz CT molecular complexity index is 261. The number of ether oxygens (including phenoxy) is 1. The molecule has 2 rings (SSSR count). The number of hydrogen-bond acceptors (Lipinski definition) is 3. The third-order valence-corrected chi connectivity index (χ3v) is 4.73. The highest BCUT2D eigenvalue weighted by molar-refractivity contribution is 4.87. The first-order valence-electron chi connectivity index (χ1n) is 8.11. The minimum absolute atomic E-state index is 0.525. The molecule has 2 fully saturated rings. The highest BCUT2D eigenvalue weighted by Gasteiger charge is 2.31. The molecule has 2 aliphatic rings. The van der Waals surface area contributed by atoms with Gasteiger partial charge in [0.25, 0.3) is 0 Å². The van der Waals surface area contributed by atoms with E-state index >= 15 is 0 Å². The lowest BCUT2D eigenvalue weighted by Gasteiger charge is -2.36. The van der Waals surface area contributed by atoms with E-state index in [4.69, 9.17) is 4.74 Å². The maximum atomic E-state index is 10.5. The van der Waals surface area contributed by atoms with Gasteiger partial charge in [-0.1, -0.05) is 26.7 Å². The summed E-state index contributed by atoms with van der Waals surface area (Å²) < 4.78 is 5.33. The molecule has 1 saturated heterocycles. The minimum Gasteiger partial charge on any atom is -0.388 e. The molecule has 1 saturated carbocycles. The van der Waals surface area contributed by atoms with Crippen molar-refractivity contribution in [2.75, 3.05) is 19.8 Å².